The fourth-order valence-electron chi connectivity index (χ4n) is 2.20. The minimum atomic E-state index is -0.615. The summed E-state index contributed by atoms with van der Waals surface area (Å²) in [7, 11) is 0. The summed E-state index contributed by atoms with van der Waals surface area (Å²) in [6.45, 7) is 5.68. The van der Waals surface area contributed by atoms with Crippen molar-refractivity contribution in [3.05, 3.63) is 56.4 Å². The fraction of sp³-hybridized carbons (Fsp3) is 0.333. The lowest BCUT2D eigenvalue weighted by atomic mass is 9.84. The van der Waals surface area contributed by atoms with Gasteiger partial charge in [-0.1, -0.05) is 37.6 Å². The van der Waals surface area contributed by atoms with Crippen LogP contribution in [0.5, 0.6) is 0 Å². The van der Waals surface area contributed by atoms with E-state index in [9.17, 15) is 14.9 Å². The van der Waals surface area contributed by atoms with Crippen molar-refractivity contribution in [1.29, 1.82) is 0 Å². The van der Waals surface area contributed by atoms with Gasteiger partial charge in [0.2, 0.25) is 5.69 Å². The zero-order valence-corrected chi connectivity index (χ0v) is 13.8. The molecule has 0 spiro atoms. The molecule has 0 aliphatic heterocycles. The number of nitrogens with zero attached hydrogens (tertiary/aromatic N) is 2. The quantitative estimate of drug-likeness (QED) is 0.647. The van der Waals surface area contributed by atoms with Crippen LogP contribution in [0.25, 0.3) is 0 Å². The minimum absolute atomic E-state index is 0.214. The normalized spacial score (nSPS) is 11.3. The van der Waals surface area contributed by atoms with Gasteiger partial charge in [0.1, 0.15) is 5.69 Å². The highest BCUT2D eigenvalue weighted by Crippen LogP contribution is 2.25. The molecule has 0 radical (unpaired) electrons. The predicted molar refractivity (Wildman–Crippen MR) is 86.8 cm³/mol. The van der Waals surface area contributed by atoms with Crippen molar-refractivity contribution >= 4 is 23.2 Å². The van der Waals surface area contributed by atoms with Gasteiger partial charge in [-0.05, 0) is 24.6 Å². The average Bonchev–Trinajstić information content (AvgIpc) is 2.87. The smallest absolute Gasteiger partial charge is 0.322 e. The average molecular weight is 337 g/mol. The van der Waals surface area contributed by atoms with Gasteiger partial charge in [-0.15, -0.1) is 0 Å². The minimum Gasteiger partial charge on any atom is -0.350 e. The van der Waals surface area contributed by atoms with Gasteiger partial charge in [0, 0.05) is 17.0 Å². The molecule has 8 heteroatoms. The molecular formula is C15H17ClN4O3. The number of aromatic nitrogens is 2. The van der Waals surface area contributed by atoms with Crippen LogP contribution in [0, 0.1) is 17.0 Å². The third kappa shape index (κ3) is 3.68. The summed E-state index contributed by atoms with van der Waals surface area (Å²) in [5.41, 5.74) is 0.297. The topological polar surface area (TPSA) is 101 Å². The Morgan fingerprint density at radius 3 is 2.78 bits per heavy atom. The van der Waals surface area contributed by atoms with E-state index in [2.05, 4.69) is 15.5 Å². The van der Waals surface area contributed by atoms with E-state index in [0.29, 0.717) is 5.02 Å². The molecule has 23 heavy (non-hydrogen) atoms. The van der Waals surface area contributed by atoms with E-state index in [4.69, 9.17) is 11.6 Å². The van der Waals surface area contributed by atoms with Gasteiger partial charge in [-0.3, -0.25) is 20.0 Å². The molecule has 1 aromatic carbocycles. The number of nitrogens with one attached hydrogen (secondary N) is 2. The Kier molecular flexibility index (Phi) is 4.70. The first-order chi connectivity index (χ1) is 10.7. The standard InChI is InChI=1S/C15H17ClN4O3/c1-9-13(20(22)23)12(19-18-9)14(21)17-8-15(2,3)10-5-4-6-11(16)7-10/h4-7H,8H2,1-3H3,(H,17,21)(H,18,19). The summed E-state index contributed by atoms with van der Waals surface area (Å²) < 4.78 is 0. The second-order valence-electron chi connectivity index (χ2n) is 5.88. The molecule has 0 aliphatic carbocycles. The van der Waals surface area contributed by atoms with Gasteiger partial charge in [-0.25, -0.2) is 0 Å². The van der Waals surface area contributed by atoms with Gasteiger partial charge < -0.3 is 5.32 Å². The Morgan fingerprint density at radius 1 is 1.48 bits per heavy atom. The van der Waals surface area contributed by atoms with E-state index >= 15 is 0 Å². The molecule has 0 saturated heterocycles. The molecule has 0 unspecified atom stereocenters. The van der Waals surface area contributed by atoms with Crippen LogP contribution in [0.15, 0.2) is 24.3 Å². The predicted octanol–water partition coefficient (Wildman–Crippen LogP) is 2.99. The van der Waals surface area contributed by atoms with Crippen molar-refractivity contribution in [3.63, 3.8) is 0 Å². The highest BCUT2D eigenvalue weighted by atomic mass is 35.5. The van der Waals surface area contributed by atoms with E-state index in [1.807, 2.05) is 32.0 Å². The Morgan fingerprint density at radius 2 is 2.17 bits per heavy atom. The molecule has 2 aromatic rings. The molecular weight excluding hydrogens is 320 g/mol. The van der Waals surface area contributed by atoms with Crippen molar-refractivity contribution in [3.8, 4) is 0 Å². The third-order valence-corrected chi connectivity index (χ3v) is 3.84. The maximum Gasteiger partial charge on any atom is 0.322 e. The number of amides is 1. The van der Waals surface area contributed by atoms with Crippen LogP contribution in [-0.4, -0.2) is 27.6 Å². The zero-order valence-electron chi connectivity index (χ0n) is 13.0. The van der Waals surface area contributed by atoms with Crippen LogP contribution in [0.3, 0.4) is 0 Å². The zero-order chi connectivity index (χ0) is 17.2. The first kappa shape index (κ1) is 17.0. The van der Waals surface area contributed by atoms with E-state index < -0.39 is 10.8 Å². The number of carbonyl (C=O) groups excluding carboxylic acids is 1. The van der Waals surface area contributed by atoms with Crippen molar-refractivity contribution in [2.24, 2.45) is 0 Å². The van der Waals surface area contributed by atoms with Crippen LogP contribution in [0.4, 0.5) is 5.69 Å². The summed E-state index contributed by atoms with van der Waals surface area (Å²) in [4.78, 5) is 22.6. The molecule has 2 N–H and O–H groups in total. The Hall–Kier alpha value is -2.41. The molecule has 2 rings (SSSR count). The van der Waals surface area contributed by atoms with Gasteiger partial charge in [0.25, 0.3) is 5.91 Å². The monoisotopic (exact) mass is 336 g/mol. The van der Waals surface area contributed by atoms with Gasteiger partial charge in [0.15, 0.2) is 0 Å². The molecule has 1 heterocycles. The number of hydrogen-bond acceptors (Lipinski definition) is 4. The highest BCUT2D eigenvalue weighted by Gasteiger charge is 2.29. The summed E-state index contributed by atoms with van der Waals surface area (Å²) in [6, 6.07) is 7.35. The van der Waals surface area contributed by atoms with Gasteiger partial charge >= 0.3 is 5.69 Å². The van der Waals surface area contributed by atoms with Crippen molar-refractivity contribution in [2.75, 3.05) is 6.54 Å². The second kappa shape index (κ2) is 6.37. The van der Waals surface area contributed by atoms with E-state index in [0.717, 1.165) is 5.56 Å². The van der Waals surface area contributed by atoms with Crippen LogP contribution >= 0.6 is 11.6 Å². The largest absolute Gasteiger partial charge is 0.350 e. The van der Waals surface area contributed by atoms with Crippen molar-refractivity contribution < 1.29 is 9.72 Å². The SMILES string of the molecule is Cc1[nH]nc(C(=O)NCC(C)(C)c2cccc(Cl)c2)c1[N+](=O)[O-]. The third-order valence-electron chi connectivity index (χ3n) is 3.61. The number of rotatable bonds is 5. The van der Waals surface area contributed by atoms with Crippen molar-refractivity contribution in [2.45, 2.75) is 26.2 Å². The van der Waals surface area contributed by atoms with Crippen molar-refractivity contribution in [1.82, 2.24) is 15.5 Å². The molecule has 7 nitrogen and oxygen atoms in total. The summed E-state index contributed by atoms with van der Waals surface area (Å²) in [6.07, 6.45) is 0. The highest BCUT2D eigenvalue weighted by molar-refractivity contribution is 6.30. The Labute approximate surface area is 138 Å². The van der Waals surface area contributed by atoms with Crippen LogP contribution in [-0.2, 0) is 5.41 Å². The molecule has 1 aromatic heterocycles. The second-order valence-corrected chi connectivity index (χ2v) is 6.32. The first-order valence-corrected chi connectivity index (χ1v) is 7.34. The molecule has 0 aliphatic rings. The van der Waals surface area contributed by atoms with Crippen LogP contribution in [0.2, 0.25) is 5.02 Å². The van der Waals surface area contributed by atoms with E-state index in [1.54, 1.807) is 6.07 Å². The summed E-state index contributed by atoms with van der Waals surface area (Å²) in [5, 5.41) is 20.5. The molecule has 122 valence electrons. The molecule has 0 bridgehead atoms. The maximum absolute atomic E-state index is 12.2. The lowest BCUT2D eigenvalue weighted by molar-refractivity contribution is -0.385. The lowest BCUT2D eigenvalue weighted by Gasteiger charge is -2.25. The fourth-order valence-corrected chi connectivity index (χ4v) is 2.39. The summed E-state index contributed by atoms with van der Waals surface area (Å²) in [5.74, 6) is -0.587. The van der Waals surface area contributed by atoms with E-state index in [1.165, 1.54) is 6.92 Å². The number of nitro groups is 1. The first-order valence-electron chi connectivity index (χ1n) is 6.96. The molecule has 0 atom stereocenters. The lowest BCUT2D eigenvalue weighted by Crippen LogP contribution is -2.37. The van der Waals surface area contributed by atoms with Gasteiger partial charge in [0.05, 0.1) is 4.92 Å². The number of carbonyl (C=O) groups is 1. The molecule has 0 fully saturated rings. The van der Waals surface area contributed by atoms with Gasteiger partial charge in [-0.2, -0.15) is 5.10 Å². The number of H-pyrrole nitrogens is 1. The van der Waals surface area contributed by atoms with Crippen LogP contribution in [0.1, 0.15) is 35.6 Å². The number of aromatic amines is 1. The number of halogens is 1. The summed E-state index contributed by atoms with van der Waals surface area (Å²) >= 11 is 5.99. The maximum atomic E-state index is 12.2. The van der Waals surface area contributed by atoms with E-state index in [-0.39, 0.29) is 29.0 Å². The number of aryl methyl sites for hydroxylation is 1. The molecule has 0 saturated carbocycles. The molecule has 1 amide bonds. The number of hydrogen-bond donors (Lipinski definition) is 2. The number of benzene rings is 1. The van der Waals surface area contributed by atoms with Crippen LogP contribution < -0.4 is 5.32 Å². The Bertz CT molecular complexity index is 755. The Balaban J connectivity index is 2.14.